The van der Waals surface area contributed by atoms with E-state index in [0.717, 1.165) is 24.3 Å². The molecule has 0 saturated carbocycles. The minimum atomic E-state index is -0.475. The maximum absolute atomic E-state index is 12.5. The van der Waals surface area contributed by atoms with Crippen LogP contribution in [0.1, 0.15) is 13.3 Å². The molecule has 3 rings (SSSR count). The molecule has 1 aromatic heterocycles. The number of fused-ring (bicyclic) bond motifs is 1. The maximum atomic E-state index is 12.5. The van der Waals surface area contributed by atoms with E-state index in [1.54, 1.807) is 12.3 Å². The highest BCUT2D eigenvalue weighted by atomic mass is 16.3. The summed E-state index contributed by atoms with van der Waals surface area (Å²) in [7, 11) is 0. The molecule has 2 atom stereocenters. The molecule has 2 N–H and O–H groups in total. The molecule has 0 aliphatic carbocycles. The van der Waals surface area contributed by atoms with Crippen LogP contribution in [0.25, 0.3) is 0 Å². The van der Waals surface area contributed by atoms with Crippen LogP contribution < -0.4 is 16.2 Å². The summed E-state index contributed by atoms with van der Waals surface area (Å²) in [5, 5.41) is 5.92. The second-order valence-corrected chi connectivity index (χ2v) is 5.57. The molecule has 2 unspecified atom stereocenters. The van der Waals surface area contributed by atoms with Crippen LogP contribution in [0.4, 0.5) is 5.69 Å². The van der Waals surface area contributed by atoms with Crippen molar-refractivity contribution in [2.75, 3.05) is 25.0 Å². The van der Waals surface area contributed by atoms with Crippen molar-refractivity contribution in [2.45, 2.75) is 32.2 Å². The molecule has 118 valence electrons. The first kappa shape index (κ1) is 14.9. The smallest absolute Gasteiger partial charge is 0.316 e. The molecule has 1 amide bonds. The number of carbonyl (C=O) groups excluding carboxylic acids is 1. The number of anilines is 1. The molecule has 0 bridgehead atoms. The molecular weight excluding hydrogens is 286 g/mol. The lowest BCUT2D eigenvalue weighted by molar-refractivity contribution is -0.584. The highest BCUT2D eigenvalue weighted by molar-refractivity contribution is 5.94. The molecule has 0 radical (unpaired) electrons. The molecule has 3 heterocycles. The van der Waals surface area contributed by atoms with E-state index in [4.69, 9.17) is 0 Å². The van der Waals surface area contributed by atoms with E-state index >= 15 is 0 Å². The van der Waals surface area contributed by atoms with Crippen molar-refractivity contribution < 1.29 is 9.55 Å². The van der Waals surface area contributed by atoms with Crippen molar-refractivity contribution in [3.8, 4) is 0 Å². The van der Waals surface area contributed by atoms with Gasteiger partial charge in [-0.15, -0.1) is 0 Å². The van der Waals surface area contributed by atoms with Crippen molar-refractivity contribution in [3.05, 3.63) is 33.6 Å². The van der Waals surface area contributed by atoms with Gasteiger partial charge in [-0.1, -0.05) is 0 Å². The van der Waals surface area contributed by atoms with Gasteiger partial charge in [-0.2, -0.15) is 0 Å². The molecule has 8 heteroatoms. The van der Waals surface area contributed by atoms with Crippen LogP contribution in [0.3, 0.4) is 0 Å². The third-order valence-corrected chi connectivity index (χ3v) is 4.15. The molecule has 2 saturated heterocycles. The van der Waals surface area contributed by atoms with Crippen LogP contribution in [0, 0.1) is 4.91 Å². The van der Waals surface area contributed by atoms with Gasteiger partial charge in [-0.05, 0) is 19.4 Å². The highest BCUT2D eigenvalue weighted by Crippen LogP contribution is 2.19. The van der Waals surface area contributed by atoms with E-state index in [2.05, 4.69) is 10.6 Å². The fraction of sp³-hybridized carbons (Fsp3) is 0.571. The summed E-state index contributed by atoms with van der Waals surface area (Å²) in [6.07, 6.45) is 2.12. The minimum Gasteiger partial charge on any atom is -0.323 e. The third kappa shape index (κ3) is 2.67. The molecule has 2 aliphatic heterocycles. The van der Waals surface area contributed by atoms with Gasteiger partial charge in [0.05, 0.1) is 5.69 Å². The van der Waals surface area contributed by atoms with Crippen molar-refractivity contribution in [3.63, 3.8) is 0 Å². The Kier molecular flexibility index (Phi) is 4.04. The Hall–Kier alpha value is -2.06. The lowest BCUT2D eigenvalue weighted by Crippen LogP contribution is -2.54. The first-order valence-corrected chi connectivity index (χ1v) is 7.54. The standard InChI is InChI=1S/C14H19N5O3/c1-2-17-8-10(4-5-12(17)20)16-13(21)11-9-19(22)14-15-6-3-7-18(11)14/h4-5,8,11,14-15H,2-3,6-7,9H2,1H3/p+1. The largest absolute Gasteiger partial charge is 0.323 e. The Balaban J connectivity index is 1.74. The van der Waals surface area contributed by atoms with Gasteiger partial charge in [-0.25, -0.2) is 10.2 Å². The van der Waals surface area contributed by atoms with Crippen LogP contribution in [-0.2, 0) is 11.3 Å². The summed E-state index contributed by atoms with van der Waals surface area (Å²) >= 11 is 0. The van der Waals surface area contributed by atoms with Gasteiger partial charge in [0.25, 0.3) is 5.56 Å². The third-order valence-electron chi connectivity index (χ3n) is 4.15. The zero-order chi connectivity index (χ0) is 15.7. The number of nitrogens with one attached hydrogen (secondary N) is 2. The van der Waals surface area contributed by atoms with Crippen molar-refractivity contribution >= 4 is 11.6 Å². The molecule has 0 aromatic carbocycles. The Morgan fingerprint density at radius 2 is 2.32 bits per heavy atom. The van der Waals surface area contributed by atoms with E-state index in [0.29, 0.717) is 12.2 Å². The van der Waals surface area contributed by atoms with Gasteiger partial charge in [0.1, 0.15) is 0 Å². The normalized spacial score (nSPS) is 25.0. The zero-order valence-electron chi connectivity index (χ0n) is 12.5. The molecule has 0 spiro atoms. The second-order valence-electron chi connectivity index (χ2n) is 5.57. The molecule has 1 aromatic rings. The van der Waals surface area contributed by atoms with Crippen molar-refractivity contribution in [1.82, 2.24) is 14.8 Å². The average molecular weight is 306 g/mol. The molecule has 2 aliphatic rings. The SMILES string of the molecule is CCn1cc(NC(=O)C2C[N+](=O)C3NCCCN23)ccc1=O. The van der Waals surface area contributed by atoms with E-state index < -0.39 is 12.3 Å². The summed E-state index contributed by atoms with van der Waals surface area (Å²) in [6, 6.07) is 2.54. The summed E-state index contributed by atoms with van der Waals surface area (Å²) in [5.41, 5.74) is 0.463. The van der Waals surface area contributed by atoms with Gasteiger partial charge in [0, 0.05) is 41.6 Å². The summed E-state index contributed by atoms with van der Waals surface area (Å²) in [6.45, 7) is 4.07. The lowest BCUT2D eigenvalue weighted by Gasteiger charge is -2.26. The van der Waals surface area contributed by atoms with Crippen molar-refractivity contribution in [1.29, 1.82) is 0 Å². The van der Waals surface area contributed by atoms with E-state index in [9.17, 15) is 14.5 Å². The van der Waals surface area contributed by atoms with Gasteiger partial charge in [0.2, 0.25) is 12.5 Å². The Labute approximate surface area is 127 Å². The number of pyridine rings is 1. The van der Waals surface area contributed by atoms with Gasteiger partial charge >= 0.3 is 6.29 Å². The number of hydrogen-bond donors (Lipinski definition) is 2. The van der Waals surface area contributed by atoms with Gasteiger partial charge in [0.15, 0.2) is 6.04 Å². The first-order chi connectivity index (χ1) is 10.6. The number of aryl methyl sites for hydroxylation is 1. The quantitative estimate of drug-likeness (QED) is 0.739. The topological polar surface area (TPSA) is 86.4 Å². The summed E-state index contributed by atoms with van der Waals surface area (Å²) in [5.74, 6) is -0.214. The van der Waals surface area contributed by atoms with E-state index in [1.165, 1.54) is 10.6 Å². The van der Waals surface area contributed by atoms with Gasteiger partial charge < -0.3 is 9.88 Å². The number of carbonyl (C=O) groups is 1. The van der Waals surface area contributed by atoms with Crippen LogP contribution in [0.2, 0.25) is 0 Å². The summed E-state index contributed by atoms with van der Waals surface area (Å²) < 4.78 is 2.44. The molecular formula is C14H20N5O3+. The monoisotopic (exact) mass is 306 g/mol. The number of nitrogens with zero attached hydrogens (tertiary/aromatic N) is 3. The Morgan fingerprint density at radius 3 is 3.09 bits per heavy atom. The number of nitroso groups, excluding NO2 is 1. The average Bonchev–Trinajstić information content (AvgIpc) is 2.87. The van der Waals surface area contributed by atoms with Gasteiger partial charge in [-0.3, -0.25) is 9.59 Å². The number of hydrogen-bond acceptors (Lipinski definition) is 5. The van der Waals surface area contributed by atoms with E-state index in [-0.39, 0.29) is 18.0 Å². The number of rotatable bonds is 3. The highest BCUT2D eigenvalue weighted by Gasteiger charge is 2.51. The predicted molar refractivity (Wildman–Crippen MR) is 80.4 cm³/mol. The predicted octanol–water partition coefficient (Wildman–Crippen LogP) is -0.453. The van der Waals surface area contributed by atoms with Crippen molar-refractivity contribution in [2.24, 2.45) is 0 Å². The fourth-order valence-electron chi connectivity index (χ4n) is 3.01. The Morgan fingerprint density at radius 1 is 1.50 bits per heavy atom. The van der Waals surface area contributed by atoms with Crippen LogP contribution in [0.15, 0.2) is 23.1 Å². The zero-order valence-corrected chi connectivity index (χ0v) is 12.5. The maximum Gasteiger partial charge on any atom is 0.316 e. The molecule has 2 fully saturated rings. The first-order valence-electron chi connectivity index (χ1n) is 7.54. The minimum absolute atomic E-state index is 0.104. The lowest BCUT2D eigenvalue weighted by atomic mass is 10.2. The summed E-state index contributed by atoms with van der Waals surface area (Å²) in [4.78, 5) is 37.8. The molecule has 22 heavy (non-hydrogen) atoms. The van der Waals surface area contributed by atoms with Crippen LogP contribution in [0.5, 0.6) is 0 Å². The van der Waals surface area contributed by atoms with Crippen LogP contribution >= 0.6 is 0 Å². The number of aromatic nitrogens is 1. The number of amides is 1. The fourth-order valence-corrected chi connectivity index (χ4v) is 3.01. The molecule has 8 nitrogen and oxygen atoms in total. The second kappa shape index (κ2) is 5.98. The Bertz CT molecular complexity index is 656. The van der Waals surface area contributed by atoms with Crippen LogP contribution in [-0.4, -0.2) is 52.1 Å². The van der Waals surface area contributed by atoms with E-state index in [1.807, 2.05) is 11.8 Å².